The number of rotatable bonds is 15. The first-order valence-electron chi connectivity index (χ1n) is 10.2. The molecule has 0 saturated carbocycles. The Labute approximate surface area is 178 Å². The third kappa shape index (κ3) is 11.5. The van der Waals surface area contributed by atoms with Gasteiger partial charge in [-0.05, 0) is 44.0 Å². The summed E-state index contributed by atoms with van der Waals surface area (Å²) >= 11 is 0. The number of benzene rings is 1. The average molecular weight is 423 g/mol. The van der Waals surface area contributed by atoms with E-state index in [1.165, 1.54) is 5.57 Å². The van der Waals surface area contributed by atoms with Crippen LogP contribution in [-0.2, 0) is 18.9 Å². The maximum atomic E-state index is 12.1. The number of alkyl carbamates (subject to hydrolysis) is 1. The van der Waals surface area contributed by atoms with Crippen molar-refractivity contribution in [3.8, 4) is 0 Å². The van der Waals surface area contributed by atoms with E-state index in [0.29, 0.717) is 64.9 Å². The Bertz CT molecular complexity index is 646. The van der Waals surface area contributed by atoms with Gasteiger partial charge in [-0.25, -0.2) is 4.79 Å². The van der Waals surface area contributed by atoms with E-state index in [2.05, 4.69) is 10.6 Å². The van der Waals surface area contributed by atoms with Gasteiger partial charge in [0.25, 0.3) is 5.91 Å². The van der Waals surface area contributed by atoms with Gasteiger partial charge in [-0.2, -0.15) is 0 Å². The molecule has 0 atom stereocenters. The molecule has 8 nitrogen and oxygen atoms in total. The molecule has 2 N–H and O–H groups in total. The Morgan fingerprint density at radius 1 is 0.833 bits per heavy atom. The maximum absolute atomic E-state index is 12.1. The maximum Gasteiger partial charge on any atom is 0.407 e. The monoisotopic (exact) mass is 422 g/mol. The smallest absolute Gasteiger partial charge is 0.407 e. The van der Waals surface area contributed by atoms with Crippen molar-refractivity contribution in [2.75, 3.05) is 59.3 Å². The molecular formula is C22H34N2O6. The minimum atomic E-state index is -0.442. The van der Waals surface area contributed by atoms with Gasteiger partial charge in [0.05, 0.1) is 46.2 Å². The van der Waals surface area contributed by atoms with Gasteiger partial charge in [0.15, 0.2) is 0 Å². The van der Waals surface area contributed by atoms with Gasteiger partial charge in [-0.1, -0.05) is 18.2 Å². The number of ether oxygens (including phenoxy) is 4. The molecule has 2 amide bonds. The van der Waals surface area contributed by atoms with Crippen molar-refractivity contribution in [3.63, 3.8) is 0 Å². The molecule has 0 aliphatic rings. The molecule has 0 fully saturated rings. The van der Waals surface area contributed by atoms with Crippen LogP contribution in [0.4, 0.5) is 4.79 Å². The number of allylic oxidation sites excluding steroid dienone is 2. The summed E-state index contributed by atoms with van der Waals surface area (Å²) in [6, 6.07) is 7.53. The molecule has 0 heterocycles. The zero-order valence-corrected chi connectivity index (χ0v) is 18.2. The van der Waals surface area contributed by atoms with Crippen molar-refractivity contribution in [1.82, 2.24) is 10.6 Å². The van der Waals surface area contributed by atoms with Gasteiger partial charge in [-0.3, -0.25) is 4.79 Å². The van der Waals surface area contributed by atoms with E-state index in [9.17, 15) is 9.59 Å². The Kier molecular flexibility index (Phi) is 14.0. The van der Waals surface area contributed by atoms with Crippen LogP contribution < -0.4 is 10.6 Å². The molecule has 1 aromatic rings. The molecular weight excluding hydrogens is 388 g/mol. The summed E-state index contributed by atoms with van der Waals surface area (Å²) in [6.45, 7) is 9.55. The van der Waals surface area contributed by atoms with Gasteiger partial charge >= 0.3 is 6.09 Å². The molecule has 1 aromatic carbocycles. The SMILES string of the molecule is CC=C(C)c1ccc(C(=O)NCCOCCOCCOCCNC(=O)OCC)cc1. The van der Waals surface area contributed by atoms with Crippen LogP contribution in [0.3, 0.4) is 0 Å². The molecule has 0 radical (unpaired) electrons. The van der Waals surface area contributed by atoms with E-state index in [0.717, 1.165) is 5.56 Å². The summed E-state index contributed by atoms with van der Waals surface area (Å²) < 4.78 is 20.9. The second kappa shape index (κ2) is 16.4. The van der Waals surface area contributed by atoms with E-state index in [1.54, 1.807) is 6.92 Å². The number of amides is 2. The highest BCUT2D eigenvalue weighted by Gasteiger charge is 2.05. The van der Waals surface area contributed by atoms with Gasteiger partial charge in [0.2, 0.25) is 0 Å². The normalized spacial score (nSPS) is 11.2. The molecule has 168 valence electrons. The van der Waals surface area contributed by atoms with E-state index in [-0.39, 0.29) is 5.91 Å². The van der Waals surface area contributed by atoms with Crippen LogP contribution in [0, 0.1) is 0 Å². The minimum absolute atomic E-state index is 0.117. The summed E-state index contributed by atoms with van der Waals surface area (Å²) in [5, 5.41) is 5.39. The lowest BCUT2D eigenvalue weighted by Crippen LogP contribution is -2.28. The van der Waals surface area contributed by atoms with Crippen LogP contribution in [0.2, 0.25) is 0 Å². The molecule has 0 bridgehead atoms. The number of hydrogen-bond donors (Lipinski definition) is 2. The summed E-state index contributed by atoms with van der Waals surface area (Å²) in [4.78, 5) is 23.1. The highest BCUT2D eigenvalue weighted by Crippen LogP contribution is 2.14. The lowest BCUT2D eigenvalue weighted by Gasteiger charge is -2.09. The first kappa shape index (κ1) is 25.6. The highest BCUT2D eigenvalue weighted by molar-refractivity contribution is 5.94. The molecule has 0 aliphatic heterocycles. The zero-order chi connectivity index (χ0) is 22.0. The molecule has 1 rings (SSSR count). The second-order valence-corrected chi connectivity index (χ2v) is 6.29. The first-order chi connectivity index (χ1) is 14.6. The topological polar surface area (TPSA) is 95.1 Å². The number of nitrogens with one attached hydrogen (secondary N) is 2. The Hall–Kier alpha value is -2.42. The summed E-state index contributed by atoms with van der Waals surface area (Å²) in [5.74, 6) is -0.117. The number of carbonyl (C=O) groups excluding carboxylic acids is 2. The van der Waals surface area contributed by atoms with Crippen LogP contribution in [0.15, 0.2) is 30.3 Å². The van der Waals surface area contributed by atoms with Crippen LogP contribution in [0.5, 0.6) is 0 Å². The standard InChI is InChI=1S/C22H34N2O6/c1-4-18(3)19-6-8-20(9-7-19)21(25)23-10-12-27-14-16-29-17-15-28-13-11-24-22(26)30-5-2/h4,6-9H,5,10-17H2,1-3H3,(H,23,25)(H,24,26). The summed E-state index contributed by atoms with van der Waals surface area (Å²) in [6.07, 6.45) is 1.60. The minimum Gasteiger partial charge on any atom is -0.450 e. The van der Waals surface area contributed by atoms with E-state index in [4.69, 9.17) is 18.9 Å². The van der Waals surface area contributed by atoms with Gasteiger partial charge < -0.3 is 29.6 Å². The fraction of sp³-hybridized carbons (Fsp3) is 0.545. The van der Waals surface area contributed by atoms with Crippen molar-refractivity contribution in [2.24, 2.45) is 0 Å². The van der Waals surface area contributed by atoms with Gasteiger partial charge in [0.1, 0.15) is 0 Å². The van der Waals surface area contributed by atoms with Gasteiger partial charge in [0, 0.05) is 18.7 Å². The lowest BCUT2D eigenvalue weighted by atomic mass is 10.1. The third-order valence-electron chi connectivity index (χ3n) is 4.10. The largest absolute Gasteiger partial charge is 0.450 e. The van der Waals surface area contributed by atoms with Crippen molar-refractivity contribution in [2.45, 2.75) is 20.8 Å². The molecule has 0 unspecified atom stereocenters. The van der Waals surface area contributed by atoms with Gasteiger partial charge in [-0.15, -0.1) is 0 Å². The fourth-order valence-electron chi connectivity index (χ4n) is 2.34. The molecule has 0 aliphatic carbocycles. The Balaban J connectivity index is 1.95. The van der Waals surface area contributed by atoms with E-state index >= 15 is 0 Å². The number of hydrogen-bond acceptors (Lipinski definition) is 6. The van der Waals surface area contributed by atoms with E-state index < -0.39 is 6.09 Å². The molecule has 30 heavy (non-hydrogen) atoms. The fourth-order valence-corrected chi connectivity index (χ4v) is 2.34. The Morgan fingerprint density at radius 3 is 1.87 bits per heavy atom. The molecule has 0 aromatic heterocycles. The average Bonchev–Trinajstić information content (AvgIpc) is 2.76. The van der Waals surface area contributed by atoms with Crippen LogP contribution >= 0.6 is 0 Å². The first-order valence-corrected chi connectivity index (χ1v) is 10.2. The second-order valence-electron chi connectivity index (χ2n) is 6.29. The van der Waals surface area contributed by atoms with Crippen molar-refractivity contribution in [3.05, 3.63) is 41.5 Å². The predicted octanol–water partition coefficient (Wildman–Crippen LogP) is 2.64. The summed E-state index contributed by atoms with van der Waals surface area (Å²) in [5.41, 5.74) is 2.91. The van der Waals surface area contributed by atoms with Crippen molar-refractivity contribution < 1.29 is 28.5 Å². The zero-order valence-electron chi connectivity index (χ0n) is 18.2. The molecule has 8 heteroatoms. The Morgan fingerprint density at radius 2 is 1.33 bits per heavy atom. The van der Waals surface area contributed by atoms with Crippen LogP contribution in [-0.4, -0.2) is 71.3 Å². The highest BCUT2D eigenvalue weighted by atomic mass is 16.6. The molecule has 0 spiro atoms. The van der Waals surface area contributed by atoms with Crippen LogP contribution in [0.25, 0.3) is 5.57 Å². The van der Waals surface area contributed by atoms with Crippen LogP contribution in [0.1, 0.15) is 36.7 Å². The number of carbonyl (C=O) groups is 2. The predicted molar refractivity (Wildman–Crippen MR) is 116 cm³/mol. The van der Waals surface area contributed by atoms with Crippen molar-refractivity contribution in [1.29, 1.82) is 0 Å². The quantitative estimate of drug-likeness (QED) is 0.422. The third-order valence-corrected chi connectivity index (χ3v) is 4.10. The summed E-state index contributed by atoms with van der Waals surface area (Å²) in [7, 11) is 0. The lowest BCUT2D eigenvalue weighted by molar-refractivity contribution is 0.0157. The van der Waals surface area contributed by atoms with Crippen molar-refractivity contribution >= 4 is 17.6 Å². The molecule has 0 saturated heterocycles. The van der Waals surface area contributed by atoms with E-state index in [1.807, 2.05) is 44.2 Å².